The van der Waals surface area contributed by atoms with E-state index < -0.39 is 12.2 Å². The Hall–Kier alpha value is -0.200. The summed E-state index contributed by atoms with van der Waals surface area (Å²) in [6.45, 7) is 4.05. The zero-order valence-electron chi connectivity index (χ0n) is 13.6. The molecular formula is C16H34O5. The van der Waals surface area contributed by atoms with Crippen LogP contribution in [0.3, 0.4) is 0 Å². The molecular weight excluding hydrogens is 272 g/mol. The Morgan fingerprint density at radius 3 is 2.19 bits per heavy atom. The summed E-state index contributed by atoms with van der Waals surface area (Å²) in [5, 5.41) is 37.0. The Morgan fingerprint density at radius 2 is 1.67 bits per heavy atom. The van der Waals surface area contributed by atoms with Crippen molar-refractivity contribution in [1.29, 1.82) is 0 Å². The smallest absolute Gasteiger partial charge is 0.100 e. The quantitative estimate of drug-likeness (QED) is 0.390. The van der Waals surface area contributed by atoms with Gasteiger partial charge >= 0.3 is 0 Å². The van der Waals surface area contributed by atoms with Gasteiger partial charge in [-0.3, -0.25) is 0 Å². The van der Waals surface area contributed by atoms with Crippen molar-refractivity contribution >= 4 is 0 Å². The van der Waals surface area contributed by atoms with Gasteiger partial charge in [0.15, 0.2) is 0 Å². The number of rotatable bonds is 14. The van der Waals surface area contributed by atoms with Crippen LogP contribution in [0.1, 0.15) is 58.8 Å². The van der Waals surface area contributed by atoms with Crippen molar-refractivity contribution in [2.75, 3.05) is 19.8 Å². The number of hydrogen-bond acceptors (Lipinski definition) is 5. The van der Waals surface area contributed by atoms with Crippen molar-refractivity contribution in [3.63, 3.8) is 0 Å². The highest BCUT2D eigenvalue weighted by molar-refractivity contribution is 4.71. The lowest BCUT2D eigenvalue weighted by Gasteiger charge is -2.26. The molecule has 0 aliphatic rings. The maximum absolute atomic E-state index is 9.85. The highest BCUT2D eigenvalue weighted by atomic mass is 16.5. The van der Waals surface area contributed by atoms with Gasteiger partial charge in [0.2, 0.25) is 0 Å². The molecule has 0 aliphatic heterocycles. The Kier molecular flexibility index (Phi) is 13.3. The van der Waals surface area contributed by atoms with Gasteiger partial charge in [-0.2, -0.15) is 0 Å². The van der Waals surface area contributed by atoms with Crippen molar-refractivity contribution in [2.24, 2.45) is 5.92 Å². The van der Waals surface area contributed by atoms with Crippen LogP contribution in [-0.4, -0.2) is 58.6 Å². The minimum Gasteiger partial charge on any atom is -0.396 e. The first-order chi connectivity index (χ1) is 10.1. The van der Waals surface area contributed by atoms with Gasteiger partial charge in [0.05, 0.1) is 25.4 Å². The zero-order valence-corrected chi connectivity index (χ0v) is 13.6. The summed E-state index contributed by atoms with van der Waals surface area (Å²) in [5.74, 6) is 0.544. The van der Waals surface area contributed by atoms with Crippen molar-refractivity contribution < 1.29 is 25.2 Å². The van der Waals surface area contributed by atoms with E-state index in [1.54, 1.807) is 0 Å². The average molecular weight is 306 g/mol. The van der Waals surface area contributed by atoms with Gasteiger partial charge in [0, 0.05) is 6.61 Å². The highest BCUT2D eigenvalue weighted by Gasteiger charge is 2.20. The van der Waals surface area contributed by atoms with Gasteiger partial charge in [0.25, 0.3) is 0 Å². The van der Waals surface area contributed by atoms with Gasteiger partial charge < -0.3 is 25.2 Å². The van der Waals surface area contributed by atoms with Crippen molar-refractivity contribution in [3.05, 3.63) is 0 Å². The number of aliphatic hydroxyl groups is 4. The molecule has 5 heteroatoms. The number of ether oxygens (including phenoxy) is 1. The van der Waals surface area contributed by atoms with Gasteiger partial charge in [0.1, 0.15) is 6.10 Å². The summed E-state index contributed by atoms with van der Waals surface area (Å²) in [7, 11) is 0. The summed E-state index contributed by atoms with van der Waals surface area (Å²) >= 11 is 0. The topological polar surface area (TPSA) is 90.2 Å². The van der Waals surface area contributed by atoms with E-state index in [1.807, 2.05) is 0 Å². The molecule has 0 fully saturated rings. The molecule has 0 spiro atoms. The molecule has 0 heterocycles. The Labute approximate surface area is 129 Å². The minimum absolute atomic E-state index is 0.0415. The summed E-state index contributed by atoms with van der Waals surface area (Å²) < 4.78 is 5.67. The van der Waals surface area contributed by atoms with E-state index in [4.69, 9.17) is 14.9 Å². The largest absolute Gasteiger partial charge is 0.396 e. The fraction of sp³-hybridized carbons (Fsp3) is 1.00. The van der Waals surface area contributed by atoms with Crippen molar-refractivity contribution in [1.82, 2.24) is 0 Å². The monoisotopic (exact) mass is 306 g/mol. The summed E-state index contributed by atoms with van der Waals surface area (Å²) in [4.78, 5) is 0. The molecule has 0 aromatic heterocycles. The van der Waals surface area contributed by atoms with Crippen LogP contribution in [0.25, 0.3) is 0 Å². The zero-order chi connectivity index (χ0) is 16.1. The standard InChI is InChI=1S/C16H34O5/c1-3-5-6-13(4-2)9-16(10-14(19)7-8-17)21-12-15(20)11-18/h13-20H,3-12H2,1-2H3. The summed E-state index contributed by atoms with van der Waals surface area (Å²) in [6, 6.07) is 0. The molecule has 0 saturated carbocycles. The Bertz CT molecular complexity index is 225. The van der Waals surface area contributed by atoms with E-state index in [-0.39, 0.29) is 25.9 Å². The Balaban J connectivity index is 4.38. The first kappa shape index (κ1) is 20.8. The molecule has 21 heavy (non-hydrogen) atoms. The molecule has 0 aromatic rings. The predicted molar refractivity (Wildman–Crippen MR) is 83.1 cm³/mol. The molecule has 4 atom stereocenters. The van der Waals surface area contributed by atoms with Crippen LogP contribution >= 0.6 is 0 Å². The molecule has 4 unspecified atom stereocenters. The molecule has 0 aliphatic carbocycles. The first-order valence-corrected chi connectivity index (χ1v) is 8.26. The maximum atomic E-state index is 9.85. The molecule has 0 bridgehead atoms. The van der Waals surface area contributed by atoms with E-state index in [1.165, 1.54) is 12.8 Å². The van der Waals surface area contributed by atoms with E-state index in [2.05, 4.69) is 13.8 Å². The maximum Gasteiger partial charge on any atom is 0.100 e. The molecule has 0 amide bonds. The van der Waals surface area contributed by atoms with Gasteiger partial charge in [-0.05, 0) is 25.2 Å². The second-order valence-electron chi connectivity index (χ2n) is 5.85. The Morgan fingerprint density at radius 1 is 0.952 bits per heavy atom. The lowest BCUT2D eigenvalue weighted by molar-refractivity contribution is -0.0537. The molecule has 0 saturated heterocycles. The SMILES string of the molecule is CCCCC(CC)CC(CC(O)CCO)OCC(O)CO. The number of aliphatic hydroxyl groups excluding tert-OH is 4. The van der Waals surface area contributed by atoms with E-state index in [0.29, 0.717) is 18.8 Å². The van der Waals surface area contributed by atoms with Crippen LogP contribution in [0.15, 0.2) is 0 Å². The normalized spacial score (nSPS) is 17.4. The summed E-state index contributed by atoms with van der Waals surface area (Å²) in [5.41, 5.74) is 0. The van der Waals surface area contributed by atoms with Crippen LogP contribution in [0, 0.1) is 5.92 Å². The molecule has 0 radical (unpaired) electrons. The highest BCUT2D eigenvalue weighted by Crippen LogP contribution is 2.23. The van der Waals surface area contributed by atoms with Gasteiger partial charge in [-0.1, -0.05) is 39.5 Å². The molecule has 5 nitrogen and oxygen atoms in total. The first-order valence-electron chi connectivity index (χ1n) is 8.26. The van der Waals surface area contributed by atoms with Gasteiger partial charge in [-0.25, -0.2) is 0 Å². The van der Waals surface area contributed by atoms with Crippen LogP contribution < -0.4 is 0 Å². The van der Waals surface area contributed by atoms with Crippen LogP contribution in [-0.2, 0) is 4.74 Å². The number of unbranched alkanes of at least 4 members (excludes halogenated alkanes) is 1. The van der Waals surface area contributed by atoms with E-state index in [9.17, 15) is 10.2 Å². The fourth-order valence-electron chi connectivity index (χ4n) is 2.46. The molecule has 128 valence electrons. The van der Waals surface area contributed by atoms with Crippen LogP contribution in [0.5, 0.6) is 0 Å². The second-order valence-corrected chi connectivity index (χ2v) is 5.85. The minimum atomic E-state index is -0.877. The second kappa shape index (κ2) is 13.5. The predicted octanol–water partition coefficient (Wildman–Crippen LogP) is 1.46. The lowest BCUT2D eigenvalue weighted by atomic mass is 9.91. The van der Waals surface area contributed by atoms with E-state index in [0.717, 1.165) is 19.3 Å². The molecule has 0 rings (SSSR count). The third-order valence-corrected chi connectivity index (χ3v) is 3.87. The number of hydrogen-bond donors (Lipinski definition) is 4. The van der Waals surface area contributed by atoms with Crippen molar-refractivity contribution in [3.8, 4) is 0 Å². The fourth-order valence-corrected chi connectivity index (χ4v) is 2.46. The lowest BCUT2D eigenvalue weighted by Crippen LogP contribution is -2.29. The van der Waals surface area contributed by atoms with Crippen LogP contribution in [0.2, 0.25) is 0 Å². The van der Waals surface area contributed by atoms with Crippen molar-refractivity contribution in [2.45, 2.75) is 77.1 Å². The third kappa shape index (κ3) is 11.1. The molecule has 0 aromatic carbocycles. The van der Waals surface area contributed by atoms with Gasteiger partial charge in [-0.15, -0.1) is 0 Å². The molecule has 4 N–H and O–H groups in total. The third-order valence-electron chi connectivity index (χ3n) is 3.87. The average Bonchev–Trinajstić information content (AvgIpc) is 2.48. The van der Waals surface area contributed by atoms with E-state index >= 15 is 0 Å². The van der Waals surface area contributed by atoms with Crippen LogP contribution in [0.4, 0.5) is 0 Å². The summed E-state index contributed by atoms with van der Waals surface area (Å²) in [6.07, 6.45) is 4.60.